The van der Waals surface area contributed by atoms with Gasteiger partial charge in [0.25, 0.3) is 0 Å². The second kappa shape index (κ2) is 3.99. The molecule has 3 nitrogen and oxygen atoms in total. The minimum Gasteiger partial charge on any atom is -0.381 e. The quantitative estimate of drug-likeness (QED) is 0.712. The summed E-state index contributed by atoms with van der Waals surface area (Å²) in [5.41, 5.74) is -1.41. The van der Waals surface area contributed by atoms with Gasteiger partial charge in [-0.3, -0.25) is 4.90 Å². The topological polar surface area (TPSA) is 43.7 Å². The van der Waals surface area contributed by atoms with Crippen LogP contribution >= 0.6 is 0 Å². The Labute approximate surface area is 98.1 Å². The first-order valence-corrected chi connectivity index (χ1v) is 5.66. The molecule has 0 radical (unpaired) electrons. The Hall–Kier alpha value is -0.640. The molecule has 0 amide bonds. The molecular weight excluding hydrogens is 202 g/mol. The van der Waals surface area contributed by atoms with Gasteiger partial charge < -0.3 is 10.2 Å². The molecule has 1 rings (SSSR count). The third-order valence-corrected chi connectivity index (χ3v) is 3.69. The standard InChI is InChI=1S/C13H23NO2/c1-9(2)12(15)7-14(11(5)6)8-13(12,16)10(3)4/h11,15-16H,1,3,7-8H2,2,4-6H3. The summed E-state index contributed by atoms with van der Waals surface area (Å²) in [6, 6.07) is 0.277. The Morgan fingerprint density at radius 2 is 1.38 bits per heavy atom. The maximum atomic E-state index is 10.6. The van der Waals surface area contributed by atoms with Crippen molar-refractivity contribution in [1.29, 1.82) is 0 Å². The van der Waals surface area contributed by atoms with Gasteiger partial charge in [-0.25, -0.2) is 0 Å². The van der Waals surface area contributed by atoms with E-state index in [9.17, 15) is 10.2 Å². The van der Waals surface area contributed by atoms with Crippen molar-refractivity contribution in [2.45, 2.75) is 44.9 Å². The van der Waals surface area contributed by atoms with Crippen LogP contribution in [0.3, 0.4) is 0 Å². The molecule has 1 fully saturated rings. The van der Waals surface area contributed by atoms with Crippen molar-refractivity contribution in [3.63, 3.8) is 0 Å². The van der Waals surface area contributed by atoms with Gasteiger partial charge in [0.2, 0.25) is 0 Å². The summed E-state index contributed by atoms with van der Waals surface area (Å²) in [4.78, 5) is 2.04. The average molecular weight is 225 g/mol. The van der Waals surface area contributed by atoms with Gasteiger partial charge in [-0.1, -0.05) is 13.2 Å². The highest BCUT2D eigenvalue weighted by Crippen LogP contribution is 2.41. The van der Waals surface area contributed by atoms with Gasteiger partial charge in [-0.2, -0.15) is 0 Å². The number of aliphatic hydroxyl groups is 2. The fraction of sp³-hybridized carbons (Fsp3) is 0.692. The van der Waals surface area contributed by atoms with Gasteiger partial charge in [0, 0.05) is 19.1 Å². The summed E-state index contributed by atoms with van der Waals surface area (Å²) in [6.45, 7) is 16.0. The highest BCUT2D eigenvalue weighted by Gasteiger charge is 2.57. The Kier molecular flexibility index (Phi) is 3.34. The highest BCUT2D eigenvalue weighted by molar-refractivity contribution is 5.33. The van der Waals surface area contributed by atoms with Crippen molar-refractivity contribution < 1.29 is 10.2 Å². The average Bonchev–Trinajstić information content (AvgIpc) is 2.42. The molecule has 1 aliphatic rings. The van der Waals surface area contributed by atoms with Crippen LogP contribution in [0.25, 0.3) is 0 Å². The van der Waals surface area contributed by atoms with Crippen LogP contribution in [0.2, 0.25) is 0 Å². The van der Waals surface area contributed by atoms with Crippen molar-refractivity contribution in [3.05, 3.63) is 24.3 Å². The maximum Gasteiger partial charge on any atom is 0.131 e. The summed E-state index contributed by atoms with van der Waals surface area (Å²) in [5.74, 6) is 0. The summed E-state index contributed by atoms with van der Waals surface area (Å²) in [7, 11) is 0. The van der Waals surface area contributed by atoms with E-state index in [2.05, 4.69) is 13.2 Å². The lowest BCUT2D eigenvalue weighted by atomic mass is 9.77. The first kappa shape index (κ1) is 13.4. The van der Waals surface area contributed by atoms with E-state index in [-0.39, 0.29) is 6.04 Å². The van der Waals surface area contributed by atoms with Crippen molar-refractivity contribution in [2.24, 2.45) is 0 Å². The molecule has 16 heavy (non-hydrogen) atoms. The van der Waals surface area contributed by atoms with Gasteiger partial charge in [-0.15, -0.1) is 0 Å². The van der Waals surface area contributed by atoms with E-state index in [1.165, 1.54) is 0 Å². The second-order valence-corrected chi connectivity index (χ2v) is 5.28. The molecule has 0 aromatic rings. The molecule has 0 spiro atoms. The predicted octanol–water partition coefficient (Wildman–Crippen LogP) is 1.32. The van der Waals surface area contributed by atoms with E-state index in [1.54, 1.807) is 13.8 Å². The number of β-amino-alcohol motifs (C(OH)–C–C–N with tert-alkyl or cyclic N) is 2. The number of nitrogens with zero attached hydrogens (tertiary/aromatic N) is 1. The summed E-state index contributed by atoms with van der Waals surface area (Å²) < 4.78 is 0. The fourth-order valence-corrected chi connectivity index (χ4v) is 2.25. The zero-order valence-corrected chi connectivity index (χ0v) is 10.7. The highest BCUT2D eigenvalue weighted by atomic mass is 16.4. The number of likely N-dealkylation sites (tertiary alicyclic amines) is 1. The number of hydrogen-bond acceptors (Lipinski definition) is 3. The summed E-state index contributed by atoms with van der Waals surface area (Å²) >= 11 is 0. The van der Waals surface area contributed by atoms with Crippen LogP contribution in [-0.4, -0.2) is 45.4 Å². The first-order valence-electron chi connectivity index (χ1n) is 5.66. The molecular formula is C13H23NO2. The minimum absolute atomic E-state index is 0.277. The van der Waals surface area contributed by atoms with Crippen LogP contribution in [0.4, 0.5) is 0 Å². The van der Waals surface area contributed by atoms with Crippen molar-refractivity contribution in [3.8, 4) is 0 Å². The molecule has 2 unspecified atom stereocenters. The normalized spacial score (nSPS) is 35.7. The van der Waals surface area contributed by atoms with E-state index in [1.807, 2.05) is 18.7 Å². The second-order valence-electron chi connectivity index (χ2n) is 5.28. The third kappa shape index (κ3) is 1.73. The maximum absolute atomic E-state index is 10.6. The van der Waals surface area contributed by atoms with Crippen LogP contribution in [-0.2, 0) is 0 Å². The lowest BCUT2D eigenvalue weighted by Gasteiger charge is -2.38. The number of hydrogen-bond donors (Lipinski definition) is 2. The van der Waals surface area contributed by atoms with Crippen LogP contribution in [0, 0.1) is 0 Å². The first-order chi connectivity index (χ1) is 7.15. The molecule has 1 saturated heterocycles. The molecule has 2 atom stereocenters. The lowest BCUT2D eigenvalue weighted by molar-refractivity contribution is -0.0689. The molecule has 1 heterocycles. The molecule has 0 bridgehead atoms. The molecule has 0 saturated carbocycles. The molecule has 92 valence electrons. The molecule has 0 aromatic heterocycles. The van der Waals surface area contributed by atoms with E-state index < -0.39 is 11.2 Å². The fourth-order valence-electron chi connectivity index (χ4n) is 2.25. The van der Waals surface area contributed by atoms with Crippen LogP contribution in [0.1, 0.15) is 27.7 Å². The number of rotatable bonds is 3. The lowest BCUT2D eigenvalue weighted by Crippen LogP contribution is -2.54. The molecule has 2 N–H and O–H groups in total. The van der Waals surface area contributed by atoms with Crippen LogP contribution in [0.15, 0.2) is 24.3 Å². The van der Waals surface area contributed by atoms with Gasteiger partial charge in [0.1, 0.15) is 11.2 Å². The van der Waals surface area contributed by atoms with E-state index in [4.69, 9.17) is 0 Å². The van der Waals surface area contributed by atoms with Gasteiger partial charge in [0.15, 0.2) is 0 Å². The Balaban J connectivity index is 3.16. The Bertz CT molecular complexity index is 296. The smallest absolute Gasteiger partial charge is 0.131 e. The predicted molar refractivity (Wildman–Crippen MR) is 66.2 cm³/mol. The summed E-state index contributed by atoms with van der Waals surface area (Å²) in [5, 5.41) is 21.3. The van der Waals surface area contributed by atoms with Crippen molar-refractivity contribution in [2.75, 3.05) is 13.1 Å². The summed E-state index contributed by atoms with van der Waals surface area (Å²) in [6.07, 6.45) is 0. The zero-order chi connectivity index (χ0) is 12.7. The van der Waals surface area contributed by atoms with Crippen LogP contribution < -0.4 is 0 Å². The van der Waals surface area contributed by atoms with Crippen molar-refractivity contribution >= 4 is 0 Å². The van der Waals surface area contributed by atoms with Crippen LogP contribution in [0.5, 0.6) is 0 Å². The molecule has 0 aromatic carbocycles. The monoisotopic (exact) mass is 225 g/mol. The van der Waals surface area contributed by atoms with Gasteiger partial charge in [0.05, 0.1) is 0 Å². The molecule has 0 aliphatic carbocycles. The largest absolute Gasteiger partial charge is 0.381 e. The third-order valence-electron chi connectivity index (χ3n) is 3.69. The van der Waals surface area contributed by atoms with E-state index >= 15 is 0 Å². The van der Waals surface area contributed by atoms with Crippen molar-refractivity contribution in [1.82, 2.24) is 4.90 Å². The Morgan fingerprint density at radius 1 is 1.06 bits per heavy atom. The molecule has 1 aliphatic heterocycles. The minimum atomic E-state index is -1.29. The zero-order valence-electron chi connectivity index (χ0n) is 10.7. The van der Waals surface area contributed by atoms with E-state index in [0.29, 0.717) is 24.2 Å². The molecule has 3 heteroatoms. The van der Waals surface area contributed by atoms with Gasteiger partial charge in [-0.05, 0) is 38.8 Å². The van der Waals surface area contributed by atoms with E-state index in [0.717, 1.165) is 0 Å². The van der Waals surface area contributed by atoms with Gasteiger partial charge >= 0.3 is 0 Å². The Morgan fingerprint density at radius 3 is 1.56 bits per heavy atom. The SMILES string of the molecule is C=C(C)C1(O)CN(C(C)C)CC1(O)C(=C)C.